The van der Waals surface area contributed by atoms with Gasteiger partial charge in [-0.2, -0.15) is 0 Å². The van der Waals surface area contributed by atoms with E-state index in [0.29, 0.717) is 6.61 Å². The Balaban J connectivity index is 1.63. The van der Waals surface area contributed by atoms with E-state index in [1.807, 2.05) is 6.92 Å². The average molecular weight is 289 g/mol. The van der Waals surface area contributed by atoms with Gasteiger partial charge in [-0.15, -0.1) is 0 Å². The summed E-state index contributed by atoms with van der Waals surface area (Å²) in [7, 11) is 0. The number of amides is 1. The minimum Gasteiger partial charge on any atom is -0.450 e. The van der Waals surface area contributed by atoms with E-state index in [2.05, 4.69) is 28.4 Å². The van der Waals surface area contributed by atoms with Gasteiger partial charge in [0.1, 0.15) is 0 Å². The Morgan fingerprint density at radius 2 is 2.10 bits per heavy atom. The van der Waals surface area contributed by atoms with Gasteiger partial charge < -0.3 is 19.9 Å². The van der Waals surface area contributed by atoms with Crippen LogP contribution in [0.15, 0.2) is 18.2 Å². The fraction of sp³-hybridized carbons (Fsp3) is 0.562. The van der Waals surface area contributed by atoms with Crippen molar-refractivity contribution in [2.24, 2.45) is 0 Å². The third-order valence-electron chi connectivity index (χ3n) is 4.20. The zero-order valence-corrected chi connectivity index (χ0v) is 12.6. The minimum absolute atomic E-state index is 0.188. The highest BCUT2D eigenvalue weighted by molar-refractivity contribution is 5.68. The molecule has 5 heteroatoms. The van der Waals surface area contributed by atoms with E-state index in [0.717, 1.165) is 39.1 Å². The van der Waals surface area contributed by atoms with E-state index in [9.17, 15) is 4.79 Å². The molecule has 0 spiro atoms. The monoisotopic (exact) mass is 289 g/mol. The lowest BCUT2D eigenvalue weighted by atomic mass is 10.0. The first-order chi connectivity index (χ1) is 10.3. The number of anilines is 2. The molecule has 3 rings (SSSR count). The zero-order chi connectivity index (χ0) is 14.7. The third-order valence-corrected chi connectivity index (χ3v) is 4.20. The smallest absolute Gasteiger partial charge is 0.409 e. The number of nitrogens with zero attached hydrogens (tertiary/aromatic N) is 2. The number of nitrogens with one attached hydrogen (secondary N) is 1. The summed E-state index contributed by atoms with van der Waals surface area (Å²) in [5.41, 5.74) is 3.95. The van der Waals surface area contributed by atoms with E-state index in [4.69, 9.17) is 4.74 Å². The molecule has 114 valence electrons. The highest BCUT2D eigenvalue weighted by atomic mass is 16.6. The van der Waals surface area contributed by atoms with Crippen molar-refractivity contribution in [1.82, 2.24) is 4.90 Å². The van der Waals surface area contributed by atoms with Crippen molar-refractivity contribution < 1.29 is 9.53 Å². The number of fused-ring (bicyclic) bond motifs is 1. The lowest BCUT2D eigenvalue weighted by molar-refractivity contribution is 0.105. The van der Waals surface area contributed by atoms with E-state index in [1.165, 1.54) is 23.4 Å². The number of carbonyl (C=O) groups excluding carboxylic acids is 1. The van der Waals surface area contributed by atoms with Crippen LogP contribution in [0.25, 0.3) is 0 Å². The summed E-state index contributed by atoms with van der Waals surface area (Å²) in [6.07, 6.45) is 2.17. The van der Waals surface area contributed by atoms with Gasteiger partial charge in [0.2, 0.25) is 0 Å². The number of hydrogen-bond donors (Lipinski definition) is 1. The number of rotatable bonds is 2. The predicted molar refractivity (Wildman–Crippen MR) is 84.1 cm³/mol. The van der Waals surface area contributed by atoms with Crippen molar-refractivity contribution in [3.05, 3.63) is 23.8 Å². The summed E-state index contributed by atoms with van der Waals surface area (Å²) in [6.45, 7) is 6.55. The Hall–Kier alpha value is -1.91. The molecule has 0 aliphatic carbocycles. The molecule has 1 fully saturated rings. The number of ether oxygens (including phenoxy) is 1. The molecular formula is C16H23N3O2. The predicted octanol–water partition coefficient (Wildman–Crippen LogP) is 2.32. The lowest BCUT2D eigenvalue weighted by Crippen LogP contribution is -2.49. The fourth-order valence-corrected chi connectivity index (χ4v) is 3.02. The minimum atomic E-state index is -0.188. The van der Waals surface area contributed by atoms with Crippen molar-refractivity contribution in [2.75, 3.05) is 49.5 Å². The normalized spacial score (nSPS) is 18.0. The standard InChI is InChI=1S/C16H23N3O2/c1-2-21-16(20)19-10-8-18(9-11-19)14-5-6-15-13(12-14)4-3-7-17-15/h5-6,12,17H,2-4,7-11H2,1H3. The van der Waals surface area contributed by atoms with Crippen molar-refractivity contribution in [2.45, 2.75) is 19.8 Å². The van der Waals surface area contributed by atoms with Crippen LogP contribution in [0.3, 0.4) is 0 Å². The van der Waals surface area contributed by atoms with E-state index < -0.39 is 0 Å². The third kappa shape index (κ3) is 3.06. The van der Waals surface area contributed by atoms with Crippen LogP contribution in [0.1, 0.15) is 18.9 Å². The molecule has 0 bridgehead atoms. The van der Waals surface area contributed by atoms with Gasteiger partial charge in [-0.25, -0.2) is 4.79 Å². The number of carbonyl (C=O) groups is 1. The molecule has 0 radical (unpaired) electrons. The first-order valence-electron chi connectivity index (χ1n) is 7.81. The molecule has 1 saturated heterocycles. The Kier molecular flexibility index (Phi) is 4.18. The quantitative estimate of drug-likeness (QED) is 0.907. The summed E-state index contributed by atoms with van der Waals surface area (Å²) < 4.78 is 5.06. The topological polar surface area (TPSA) is 44.8 Å². The molecule has 21 heavy (non-hydrogen) atoms. The lowest BCUT2D eigenvalue weighted by Gasteiger charge is -2.36. The fourth-order valence-electron chi connectivity index (χ4n) is 3.02. The van der Waals surface area contributed by atoms with Crippen molar-refractivity contribution in [1.29, 1.82) is 0 Å². The maximum absolute atomic E-state index is 11.7. The van der Waals surface area contributed by atoms with Crippen LogP contribution in [-0.4, -0.2) is 50.3 Å². The van der Waals surface area contributed by atoms with Gasteiger partial charge in [0.05, 0.1) is 6.61 Å². The van der Waals surface area contributed by atoms with Gasteiger partial charge in [0.15, 0.2) is 0 Å². The maximum atomic E-state index is 11.7. The number of hydrogen-bond acceptors (Lipinski definition) is 4. The highest BCUT2D eigenvalue weighted by Crippen LogP contribution is 2.27. The molecule has 1 N–H and O–H groups in total. The van der Waals surface area contributed by atoms with Crippen LogP contribution in [0.4, 0.5) is 16.2 Å². The van der Waals surface area contributed by atoms with Crippen LogP contribution < -0.4 is 10.2 Å². The van der Waals surface area contributed by atoms with E-state index in [-0.39, 0.29) is 6.09 Å². The Labute approximate surface area is 125 Å². The molecule has 1 amide bonds. The molecule has 1 aromatic carbocycles. The molecule has 2 aliphatic heterocycles. The molecule has 0 aromatic heterocycles. The van der Waals surface area contributed by atoms with Crippen LogP contribution in [0.5, 0.6) is 0 Å². The number of aryl methyl sites for hydroxylation is 1. The molecule has 0 saturated carbocycles. The van der Waals surface area contributed by atoms with Crippen molar-refractivity contribution in [3.8, 4) is 0 Å². The molecule has 2 aliphatic rings. The van der Waals surface area contributed by atoms with Crippen LogP contribution in [0.2, 0.25) is 0 Å². The zero-order valence-electron chi connectivity index (χ0n) is 12.6. The van der Waals surface area contributed by atoms with Crippen molar-refractivity contribution >= 4 is 17.5 Å². The maximum Gasteiger partial charge on any atom is 0.409 e. The van der Waals surface area contributed by atoms with Gasteiger partial charge >= 0.3 is 6.09 Å². The van der Waals surface area contributed by atoms with E-state index in [1.54, 1.807) is 4.90 Å². The Morgan fingerprint density at radius 1 is 1.29 bits per heavy atom. The summed E-state index contributed by atoms with van der Waals surface area (Å²) in [5, 5.41) is 3.44. The van der Waals surface area contributed by atoms with Crippen LogP contribution in [0, 0.1) is 0 Å². The average Bonchev–Trinajstić information content (AvgIpc) is 2.55. The van der Waals surface area contributed by atoms with Gasteiger partial charge in [-0.3, -0.25) is 0 Å². The number of piperazine rings is 1. The molecule has 1 aromatic rings. The summed E-state index contributed by atoms with van der Waals surface area (Å²) in [5.74, 6) is 0. The molecule has 0 unspecified atom stereocenters. The second kappa shape index (κ2) is 6.24. The highest BCUT2D eigenvalue weighted by Gasteiger charge is 2.22. The van der Waals surface area contributed by atoms with Gasteiger partial charge in [-0.05, 0) is 43.5 Å². The largest absolute Gasteiger partial charge is 0.450 e. The first-order valence-corrected chi connectivity index (χ1v) is 7.81. The van der Waals surface area contributed by atoms with Crippen molar-refractivity contribution in [3.63, 3.8) is 0 Å². The molecule has 5 nitrogen and oxygen atoms in total. The van der Waals surface area contributed by atoms with Gasteiger partial charge in [-0.1, -0.05) is 0 Å². The first kappa shape index (κ1) is 14.0. The summed E-state index contributed by atoms with van der Waals surface area (Å²) in [4.78, 5) is 15.9. The summed E-state index contributed by atoms with van der Waals surface area (Å²) in [6, 6.07) is 6.65. The SMILES string of the molecule is CCOC(=O)N1CCN(c2ccc3c(c2)CCCN3)CC1. The molecular weight excluding hydrogens is 266 g/mol. The second-order valence-electron chi connectivity index (χ2n) is 5.54. The second-order valence-corrected chi connectivity index (χ2v) is 5.54. The van der Waals surface area contributed by atoms with Crippen LogP contribution in [-0.2, 0) is 11.2 Å². The molecule has 0 atom stereocenters. The van der Waals surface area contributed by atoms with Gasteiger partial charge in [0.25, 0.3) is 0 Å². The number of benzene rings is 1. The Bertz CT molecular complexity index is 510. The molecule has 2 heterocycles. The Morgan fingerprint density at radius 3 is 2.86 bits per heavy atom. The summed E-state index contributed by atoms with van der Waals surface area (Å²) >= 11 is 0. The van der Waals surface area contributed by atoms with Gasteiger partial charge in [0, 0.05) is 44.1 Å². The van der Waals surface area contributed by atoms with E-state index >= 15 is 0 Å². The van der Waals surface area contributed by atoms with Crippen LogP contribution >= 0.6 is 0 Å².